The summed E-state index contributed by atoms with van der Waals surface area (Å²) in [7, 11) is 0. The maximum absolute atomic E-state index is 3.59. The van der Waals surface area contributed by atoms with Gasteiger partial charge in [0.1, 0.15) is 0 Å². The van der Waals surface area contributed by atoms with Crippen molar-refractivity contribution in [3.63, 3.8) is 0 Å². The van der Waals surface area contributed by atoms with E-state index in [9.17, 15) is 0 Å². The number of rotatable bonds is 4. The molecule has 0 N–H and O–H groups in total. The molecule has 0 unspecified atom stereocenters. The fourth-order valence-electron chi connectivity index (χ4n) is 0.254. The fraction of sp³-hybridized carbons (Fsp3) is 0.500. The van der Waals surface area contributed by atoms with Gasteiger partial charge < -0.3 is 0 Å². The zero-order valence-corrected chi connectivity index (χ0v) is 5.50. The summed E-state index contributed by atoms with van der Waals surface area (Å²) in [6.45, 7) is 5.73. The lowest BCUT2D eigenvalue weighted by Crippen LogP contribution is -1.66. The van der Waals surface area contributed by atoms with Gasteiger partial charge in [0.2, 0.25) is 0 Å². The van der Waals surface area contributed by atoms with Crippen molar-refractivity contribution < 1.29 is 0 Å². The molecule has 1 radical (unpaired) electrons. The van der Waals surface area contributed by atoms with Crippen LogP contribution in [0.5, 0.6) is 0 Å². The molecule has 0 aromatic carbocycles. The van der Waals surface area contributed by atoms with E-state index < -0.39 is 0 Å². The van der Waals surface area contributed by atoms with Crippen molar-refractivity contribution in [2.24, 2.45) is 0 Å². The molecule has 0 heterocycles. The summed E-state index contributed by atoms with van der Waals surface area (Å²) in [5.41, 5.74) is 0. The van der Waals surface area contributed by atoms with Crippen LogP contribution in [0.3, 0.4) is 0 Å². The Hall–Kier alpha value is 0.0900. The molecular weight excluding hydrogens is 104 g/mol. The molecule has 41 valence electrons. The second-order valence-corrected chi connectivity index (χ2v) is 2.20. The van der Waals surface area contributed by atoms with E-state index in [0.717, 1.165) is 12.2 Å². The summed E-state index contributed by atoms with van der Waals surface area (Å²) in [6, 6.07) is 0. The maximum atomic E-state index is 3.59. The lowest BCUT2D eigenvalue weighted by molar-refractivity contribution is 1.20. The molecule has 0 aromatic rings. The SMILES string of the molecule is C=CCS[CH]CC. The third-order valence-corrected chi connectivity index (χ3v) is 1.50. The second kappa shape index (κ2) is 6.09. The van der Waals surface area contributed by atoms with Crippen molar-refractivity contribution >= 4 is 11.8 Å². The van der Waals surface area contributed by atoms with E-state index in [-0.39, 0.29) is 0 Å². The van der Waals surface area contributed by atoms with Crippen molar-refractivity contribution in [2.75, 3.05) is 5.75 Å². The van der Waals surface area contributed by atoms with E-state index in [1.54, 1.807) is 0 Å². The smallest absolute Gasteiger partial charge is 0.0167 e. The Morgan fingerprint density at radius 1 is 1.71 bits per heavy atom. The molecule has 1 heteroatoms. The maximum Gasteiger partial charge on any atom is 0.0167 e. The Morgan fingerprint density at radius 2 is 2.43 bits per heavy atom. The van der Waals surface area contributed by atoms with E-state index in [4.69, 9.17) is 0 Å². The predicted octanol–water partition coefficient (Wildman–Crippen LogP) is 2.48. The lowest BCUT2D eigenvalue weighted by Gasteiger charge is -1.87. The predicted molar refractivity (Wildman–Crippen MR) is 37.2 cm³/mol. The van der Waals surface area contributed by atoms with Gasteiger partial charge in [-0.05, 0) is 6.42 Å². The number of thioether (sulfide) groups is 1. The molecule has 0 saturated carbocycles. The summed E-state index contributed by atoms with van der Waals surface area (Å²) in [6.07, 6.45) is 3.06. The lowest BCUT2D eigenvalue weighted by atomic mass is 10.6. The molecular formula is C6H11S. The van der Waals surface area contributed by atoms with E-state index in [1.807, 2.05) is 17.8 Å². The van der Waals surface area contributed by atoms with Crippen LogP contribution in [-0.4, -0.2) is 5.75 Å². The summed E-state index contributed by atoms with van der Waals surface area (Å²) in [5.74, 6) is 3.23. The van der Waals surface area contributed by atoms with Gasteiger partial charge in [0.25, 0.3) is 0 Å². The van der Waals surface area contributed by atoms with E-state index in [0.29, 0.717) is 0 Å². The molecule has 0 nitrogen and oxygen atoms in total. The van der Waals surface area contributed by atoms with Crippen LogP contribution in [0.2, 0.25) is 0 Å². The number of hydrogen-bond donors (Lipinski definition) is 0. The first-order chi connectivity index (χ1) is 3.41. The van der Waals surface area contributed by atoms with Crippen LogP contribution in [0.1, 0.15) is 13.3 Å². The molecule has 0 bridgehead atoms. The average molecular weight is 115 g/mol. The summed E-state index contributed by atoms with van der Waals surface area (Å²) in [5, 5.41) is 0. The highest BCUT2D eigenvalue weighted by Crippen LogP contribution is 2.06. The highest BCUT2D eigenvalue weighted by molar-refractivity contribution is 8.01. The van der Waals surface area contributed by atoms with Gasteiger partial charge in [-0.3, -0.25) is 0 Å². The highest BCUT2D eigenvalue weighted by atomic mass is 32.2. The normalized spacial score (nSPS) is 8.71. The summed E-state index contributed by atoms with van der Waals surface area (Å²) < 4.78 is 0. The van der Waals surface area contributed by atoms with Gasteiger partial charge in [0.15, 0.2) is 0 Å². The first kappa shape index (κ1) is 7.09. The quantitative estimate of drug-likeness (QED) is 0.400. The van der Waals surface area contributed by atoms with Crippen LogP contribution >= 0.6 is 11.8 Å². The number of hydrogen-bond acceptors (Lipinski definition) is 1. The van der Waals surface area contributed by atoms with Crippen LogP contribution in [0.25, 0.3) is 0 Å². The van der Waals surface area contributed by atoms with E-state index in [1.165, 1.54) is 0 Å². The first-order valence-electron chi connectivity index (χ1n) is 2.46. The third-order valence-electron chi connectivity index (χ3n) is 0.499. The van der Waals surface area contributed by atoms with Crippen molar-refractivity contribution in [3.8, 4) is 0 Å². The zero-order chi connectivity index (χ0) is 5.54. The van der Waals surface area contributed by atoms with Gasteiger partial charge in [-0.1, -0.05) is 13.0 Å². The Morgan fingerprint density at radius 3 is 2.86 bits per heavy atom. The largest absolute Gasteiger partial charge is 0.153 e. The standard InChI is InChI=1S/C6H11S/c1-3-5-7-6-4-2/h3,6H,1,4-5H2,2H3. The van der Waals surface area contributed by atoms with Crippen LogP contribution in [0.4, 0.5) is 0 Å². The molecule has 0 spiro atoms. The van der Waals surface area contributed by atoms with E-state index in [2.05, 4.69) is 19.3 Å². The summed E-state index contributed by atoms with van der Waals surface area (Å²) in [4.78, 5) is 0. The van der Waals surface area contributed by atoms with Crippen molar-refractivity contribution in [3.05, 3.63) is 18.4 Å². The van der Waals surface area contributed by atoms with Crippen LogP contribution in [0.15, 0.2) is 12.7 Å². The second-order valence-electron chi connectivity index (χ2n) is 1.20. The van der Waals surface area contributed by atoms with Gasteiger partial charge in [0.05, 0.1) is 0 Å². The van der Waals surface area contributed by atoms with Crippen molar-refractivity contribution in [2.45, 2.75) is 13.3 Å². The Bertz CT molecular complexity index is 41.4. The monoisotopic (exact) mass is 115 g/mol. The highest BCUT2D eigenvalue weighted by Gasteiger charge is 1.77. The minimum atomic E-state index is 1.05. The summed E-state index contributed by atoms with van der Waals surface area (Å²) >= 11 is 1.81. The third kappa shape index (κ3) is 6.09. The average Bonchev–Trinajstić information content (AvgIpc) is 1.69. The van der Waals surface area contributed by atoms with Gasteiger partial charge in [-0.15, -0.1) is 6.58 Å². The molecule has 0 rings (SSSR count). The van der Waals surface area contributed by atoms with Gasteiger partial charge in [-0.2, -0.15) is 11.8 Å². The van der Waals surface area contributed by atoms with Gasteiger partial charge in [0, 0.05) is 11.5 Å². The first-order valence-corrected chi connectivity index (χ1v) is 3.50. The van der Waals surface area contributed by atoms with Crippen LogP contribution in [-0.2, 0) is 0 Å². The molecule has 0 aliphatic heterocycles. The van der Waals surface area contributed by atoms with Crippen LogP contribution in [0, 0.1) is 5.75 Å². The van der Waals surface area contributed by atoms with Crippen molar-refractivity contribution in [1.82, 2.24) is 0 Å². The molecule has 0 aliphatic rings. The topological polar surface area (TPSA) is 0 Å². The minimum Gasteiger partial charge on any atom is -0.153 e. The molecule has 7 heavy (non-hydrogen) atoms. The molecule has 0 saturated heterocycles. The fourth-order valence-corrected chi connectivity index (χ4v) is 0.762. The molecule has 0 aliphatic carbocycles. The Kier molecular flexibility index (Phi) is 6.17. The van der Waals surface area contributed by atoms with Crippen molar-refractivity contribution in [1.29, 1.82) is 0 Å². The minimum absolute atomic E-state index is 1.05. The molecule has 0 aromatic heterocycles. The Labute approximate surface area is 50.0 Å². The van der Waals surface area contributed by atoms with Crippen LogP contribution < -0.4 is 0 Å². The van der Waals surface area contributed by atoms with E-state index >= 15 is 0 Å². The van der Waals surface area contributed by atoms with Gasteiger partial charge >= 0.3 is 0 Å². The molecule has 0 atom stereocenters. The zero-order valence-electron chi connectivity index (χ0n) is 4.68. The molecule has 0 amide bonds. The molecule has 0 fully saturated rings. The van der Waals surface area contributed by atoms with Gasteiger partial charge in [-0.25, -0.2) is 0 Å². The Balaban J connectivity index is 2.56.